The lowest BCUT2D eigenvalue weighted by atomic mass is 10.1. The second-order valence-corrected chi connectivity index (χ2v) is 3.76. The highest BCUT2D eigenvalue weighted by Gasteiger charge is 2.15. The van der Waals surface area contributed by atoms with Gasteiger partial charge in [-0.05, 0) is 25.2 Å². The molecule has 1 atom stereocenters. The van der Waals surface area contributed by atoms with Crippen molar-refractivity contribution in [2.45, 2.75) is 26.2 Å². The van der Waals surface area contributed by atoms with Gasteiger partial charge in [0.2, 0.25) is 5.91 Å². The molecular weight excluding hydrogens is 182 g/mol. The number of carbonyl (C=O) groups is 2. The molecule has 1 unspecified atom stereocenters. The standard InChI is InChI=1S/C10H15NO3/c1-7-2-3-8(4-7)5-9(12)11-6-10(13)14/h5,7H,2-4,6H2,1H3,(H,11,12)(H,13,14)/b8-5-. The Morgan fingerprint density at radius 3 is 2.86 bits per heavy atom. The zero-order valence-electron chi connectivity index (χ0n) is 8.25. The van der Waals surface area contributed by atoms with Gasteiger partial charge in [0.25, 0.3) is 0 Å². The summed E-state index contributed by atoms with van der Waals surface area (Å²) in [5.74, 6) is -0.665. The van der Waals surface area contributed by atoms with Gasteiger partial charge in [0.15, 0.2) is 0 Å². The van der Waals surface area contributed by atoms with Gasteiger partial charge in [-0.2, -0.15) is 0 Å². The molecule has 1 fully saturated rings. The number of hydrogen-bond donors (Lipinski definition) is 2. The molecule has 0 radical (unpaired) electrons. The van der Waals surface area contributed by atoms with E-state index >= 15 is 0 Å². The summed E-state index contributed by atoms with van der Waals surface area (Å²) in [6.45, 7) is 1.84. The van der Waals surface area contributed by atoms with E-state index in [9.17, 15) is 9.59 Å². The van der Waals surface area contributed by atoms with Crippen LogP contribution in [0.2, 0.25) is 0 Å². The molecule has 0 aromatic carbocycles. The van der Waals surface area contributed by atoms with Crippen molar-refractivity contribution in [3.63, 3.8) is 0 Å². The molecule has 78 valence electrons. The third-order valence-electron chi connectivity index (χ3n) is 2.32. The molecule has 2 N–H and O–H groups in total. The molecule has 0 spiro atoms. The van der Waals surface area contributed by atoms with Gasteiger partial charge in [0.1, 0.15) is 6.54 Å². The lowest BCUT2D eigenvalue weighted by Crippen LogP contribution is -2.27. The fourth-order valence-corrected chi connectivity index (χ4v) is 1.61. The second-order valence-electron chi connectivity index (χ2n) is 3.76. The number of carboxylic acids is 1. The first-order valence-electron chi connectivity index (χ1n) is 4.77. The highest BCUT2D eigenvalue weighted by molar-refractivity contribution is 5.90. The van der Waals surface area contributed by atoms with E-state index in [1.807, 2.05) is 0 Å². The van der Waals surface area contributed by atoms with Crippen LogP contribution in [0.25, 0.3) is 0 Å². The lowest BCUT2D eigenvalue weighted by molar-refractivity contribution is -0.137. The average molecular weight is 197 g/mol. The number of carboxylic acid groups (broad SMARTS) is 1. The predicted molar refractivity (Wildman–Crippen MR) is 51.7 cm³/mol. The van der Waals surface area contributed by atoms with Crippen molar-refractivity contribution in [3.8, 4) is 0 Å². The summed E-state index contributed by atoms with van der Waals surface area (Å²) in [5, 5.41) is 10.6. The monoisotopic (exact) mass is 197 g/mol. The van der Waals surface area contributed by atoms with Crippen molar-refractivity contribution in [1.82, 2.24) is 5.32 Å². The molecule has 0 aromatic heterocycles. The topological polar surface area (TPSA) is 66.4 Å². The summed E-state index contributed by atoms with van der Waals surface area (Å²) < 4.78 is 0. The highest BCUT2D eigenvalue weighted by atomic mass is 16.4. The van der Waals surface area contributed by atoms with E-state index in [0.29, 0.717) is 5.92 Å². The van der Waals surface area contributed by atoms with Gasteiger partial charge in [-0.3, -0.25) is 9.59 Å². The maximum atomic E-state index is 11.2. The van der Waals surface area contributed by atoms with Crippen molar-refractivity contribution in [2.75, 3.05) is 6.54 Å². The maximum absolute atomic E-state index is 11.2. The molecule has 4 nitrogen and oxygen atoms in total. The third kappa shape index (κ3) is 3.60. The van der Waals surface area contributed by atoms with Crippen LogP contribution in [0, 0.1) is 5.92 Å². The molecule has 1 aliphatic carbocycles. The molecule has 0 aliphatic heterocycles. The van der Waals surface area contributed by atoms with Gasteiger partial charge in [0, 0.05) is 6.08 Å². The van der Waals surface area contributed by atoms with Gasteiger partial charge in [0.05, 0.1) is 0 Å². The van der Waals surface area contributed by atoms with Crippen molar-refractivity contribution >= 4 is 11.9 Å². The summed E-state index contributed by atoms with van der Waals surface area (Å²) in [7, 11) is 0. The van der Waals surface area contributed by atoms with E-state index in [-0.39, 0.29) is 12.5 Å². The Labute approximate surface area is 83.0 Å². The molecule has 1 saturated carbocycles. The molecule has 0 heterocycles. The smallest absolute Gasteiger partial charge is 0.322 e. The minimum Gasteiger partial charge on any atom is -0.480 e. The van der Waals surface area contributed by atoms with Gasteiger partial charge < -0.3 is 10.4 Å². The van der Waals surface area contributed by atoms with Crippen LogP contribution in [0.5, 0.6) is 0 Å². The van der Waals surface area contributed by atoms with Crippen molar-refractivity contribution in [1.29, 1.82) is 0 Å². The average Bonchev–Trinajstić information content (AvgIpc) is 2.48. The molecule has 4 heteroatoms. The van der Waals surface area contributed by atoms with E-state index in [2.05, 4.69) is 12.2 Å². The van der Waals surface area contributed by atoms with Crippen LogP contribution < -0.4 is 5.32 Å². The Hall–Kier alpha value is -1.32. The number of amides is 1. The molecule has 0 saturated heterocycles. The fourth-order valence-electron chi connectivity index (χ4n) is 1.61. The lowest BCUT2D eigenvalue weighted by Gasteiger charge is -1.99. The van der Waals surface area contributed by atoms with E-state index in [1.165, 1.54) is 6.08 Å². The summed E-state index contributed by atoms with van der Waals surface area (Å²) in [5.41, 5.74) is 1.13. The van der Waals surface area contributed by atoms with Crippen LogP contribution in [0.15, 0.2) is 11.6 Å². The first kappa shape index (κ1) is 10.8. The molecule has 14 heavy (non-hydrogen) atoms. The third-order valence-corrected chi connectivity index (χ3v) is 2.32. The number of hydrogen-bond acceptors (Lipinski definition) is 2. The van der Waals surface area contributed by atoms with Crippen molar-refractivity contribution < 1.29 is 14.7 Å². The van der Waals surface area contributed by atoms with Crippen LogP contribution in [-0.4, -0.2) is 23.5 Å². The largest absolute Gasteiger partial charge is 0.480 e. The SMILES string of the molecule is CC1CC/C(=C/C(=O)NCC(=O)O)C1. The Bertz CT molecular complexity index is 271. The summed E-state index contributed by atoms with van der Waals surface area (Å²) in [6.07, 6.45) is 4.58. The molecule has 0 aromatic rings. The quantitative estimate of drug-likeness (QED) is 0.661. The zero-order valence-corrected chi connectivity index (χ0v) is 8.25. The Morgan fingerprint density at radius 2 is 2.36 bits per heavy atom. The normalized spacial score (nSPS) is 23.8. The Morgan fingerprint density at radius 1 is 1.64 bits per heavy atom. The number of nitrogens with one attached hydrogen (secondary N) is 1. The molecule has 1 rings (SSSR count). The minimum absolute atomic E-state index is 0.295. The van der Waals surface area contributed by atoms with Gasteiger partial charge in [-0.1, -0.05) is 12.5 Å². The van der Waals surface area contributed by atoms with Gasteiger partial charge >= 0.3 is 5.97 Å². The second kappa shape index (κ2) is 4.79. The highest BCUT2D eigenvalue weighted by Crippen LogP contribution is 2.29. The summed E-state index contributed by atoms with van der Waals surface area (Å²) >= 11 is 0. The van der Waals surface area contributed by atoms with Crippen molar-refractivity contribution in [2.24, 2.45) is 5.92 Å². The summed E-state index contributed by atoms with van der Waals surface area (Å²) in [6, 6.07) is 0. The molecule has 1 amide bonds. The number of aliphatic carboxylic acids is 1. The van der Waals surface area contributed by atoms with Gasteiger partial charge in [-0.25, -0.2) is 0 Å². The summed E-state index contributed by atoms with van der Waals surface area (Å²) in [4.78, 5) is 21.3. The van der Waals surface area contributed by atoms with Crippen LogP contribution in [-0.2, 0) is 9.59 Å². The number of carbonyl (C=O) groups excluding carboxylic acids is 1. The van der Waals surface area contributed by atoms with Crippen LogP contribution in [0.3, 0.4) is 0 Å². The van der Waals surface area contributed by atoms with Crippen LogP contribution in [0.4, 0.5) is 0 Å². The first-order chi connectivity index (χ1) is 6.58. The molecular formula is C10H15NO3. The fraction of sp³-hybridized carbons (Fsp3) is 0.600. The molecule has 1 aliphatic rings. The predicted octanol–water partition coefficient (Wildman–Crippen LogP) is 0.934. The van der Waals surface area contributed by atoms with E-state index in [1.54, 1.807) is 0 Å². The Kier molecular flexibility index (Phi) is 3.68. The van der Waals surface area contributed by atoms with E-state index in [4.69, 9.17) is 5.11 Å². The Balaban J connectivity index is 2.35. The number of rotatable bonds is 3. The van der Waals surface area contributed by atoms with Crippen LogP contribution in [0.1, 0.15) is 26.2 Å². The van der Waals surface area contributed by atoms with E-state index < -0.39 is 5.97 Å². The minimum atomic E-state index is -1.02. The van der Waals surface area contributed by atoms with E-state index in [0.717, 1.165) is 24.8 Å². The van der Waals surface area contributed by atoms with Crippen LogP contribution >= 0.6 is 0 Å². The van der Waals surface area contributed by atoms with Crippen molar-refractivity contribution in [3.05, 3.63) is 11.6 Å². The zero-order chi connectivity index (χ0) is 10.6. The maximum Gasteiger partial charge on any atom is 0.322 e. The van der Waals surface area contributed by atoms with Gasteiger partial charge in [-0.15, -0.1) is 0 Å². The first-order valence-corrected chi connectivity index (χ1v) is 4.77. The molecule has 0 bridgehead atoms. The number of allylic oxidation sites excluding steroid dienone is 1.